The lowest BCUT2D eigenvalue weighted by molar-refractivity contribution is 0.0714. The molecule has 1 unspecified atom stereocenters. The van der Waals surface area contributed by atoms with Gasteiger partial charge in [-0.15, -0.1) is 0 Å². The number of para-hydroxylation sites is 1. The van der Waals surface area contributed by atoms with Gasteiger partial charge in [0.2, 0.25) is 5.76 Å². The lowest BCUT2D eigenvalue weighted by Crippen LogP contribution is -2.29. The highest BCUT2D eigenvalue weighted by Crippen LogP contribution is 2.40. The highest BCUT2D eigenvalue weighted by molar-refractivity contribution is 6.42. The van der Waals surface area contributed by atoms with Crippen molar-refractivity contribution >= 4 is 51.7 Å². The Hall–Kier alpha value is -2.79. The van der Waals surface area contributed by atoms with E-state index in [-0.39, 0.29) is 23.6 Å². The van der Waals surface area contributed by atoms with E-state index in [0.29, 0.717) is 37.2 Å². The van der Waals surface area contributed by atoms with Crippen molar-refractivity contribution in [3.63, 3.8) is 0 Å². The number of hydrogen-bond donors (Lipinski definition) is 0. The minimum atomic E-state index is -0.659. The maximum absolute atomic E-state index is 13.4. The monoisotopic (exact) mass is 469 g/mol. The topological polar surface area (TPSA) is 50.5 Å². The van der Waals surface area contributed by atoms with Crippen molar-refractivity contribution in [1.82, 2.24) is 4.90 Å². The van der Waals surface area contributed by atoms with Gasteiger partial charge in [0, 0.05) is 11.6 Å². The van der Waals surface area contributed by atoms with Crippen LogP contribution in [0.2, 0.25) is 15.1 Å². The van der Waals surface area contributed by atoms with Crippen molar-refractivity contribution in [3.8, 4) is 0 Å². The largest absolute Gasteiger partial charge is 0.450 e. The van der Waals surface area contributed by atoms with Gasteiger partial charge in [-0.25, -0.2) is 0 Å². The molecule has 2 heterocycles. The summed E-state index contributed by atoms with van der Waals surface area (Å²) in [5, 5.41) is 1.76. The molecule has 1 amide bonds. The smallest absolute Gasteiger partial charge is 0.291 e. The molecular weight excluding hydrogens is 457 g/mol. The summed E-state index contributed by atoms with van der Waals surface area (Å²) >= 11 is 18.4. The standard InChI is InChI=1S/C24H14Cl3NO3/c25-15-8-5-13(6-9-15)12-28-21(14-7-10-17(26)18(27)11-14)20-22(29)16-3-1-2-4-19(16)31-23(20)24(28)30/h1-11,21H,12H2. The van der Waals surface area contributed by atoms with Crippen LogP contribution in [-0.2, 0) is 6.54 Å². The zero-order valence-electron chi connectivity index (χ0n) is 15.9. The highest BCUT2D eigenvalue weighted by Gasteiger charge is 2.42. The van der Waals surface area contributed by atoms with Gasteiger partial charge in [-0.05, 0) is 47.5 Å². The summed E-state index contributed by atoms with van der Waals surface area (Å²) in [5.74, 6) is -0.308. The van der Waals surface area contributed by atoms with Gasteiger partial charge in [0.15, 0.2) is 5.43 Å². The van der Waals surface area contributed by atoms with Gasteiger partial charge in [0.05, 0.1) is 27.0 Å². The number of rotatable bonds is 3. The quantitative estimate of drug-likeness (QED) is 0.343. The Morgan fingerprint density at radius 2 is 1.61 bits per heavy atom. The van der Waals surface area contributed by atoms with Crippen LogP contribution in [0.4, 0.5) is 0 Å². The lowest BCUT2D eigenvalue weighted by Gasteiger charge is -2.25. The molecule has 7 heteroatoms. The number of amides is 1. The molecule has 0 bridgehead atoms. The number of halogens is 3. The maximum atomic E-state index is 13.4. The maximum Gasteiger partial charge on any atom is 0.291 e. The van der Waals surface area contributed by atoms with E-state index in [0.717, 1.165) is 5.56 Å². The van der Waals surface area contributed by atoms with Gasteiger partial charge in [0.1, 0.15) is 5.58 Å². The molecule has 0 aliphatic carbocycles. The molecule has 0 spiro atoms. The van der Waals surface area contributed by atoms with Crippen LogP contribution < -0.4 is 5.43 Å². The lowest BCUT2D eigenvalue weighted by atomic mass is 9.98. The molecule has 3 aromatic carbocycles. The van der Waals surface area contributed by atoms with Crippen molar-refractivity contribution in [3.05, 3.63) is 114 Å². The molecule has 1 aliphatic rings. The first-order valence-corrected chi connectivity index (χ1v) is 10.6. The Bertz CT molecular complexity index is 1400. The molecule has 0 saturated carbocycles. The summed E-state index contributed by atoms with van der Waals surface area (Å²) in [7, 11) is 0. The fourth-order valence-electron chi connectivity index (χ4n) is 3.95. The van der Waals surface area contributed by atoms with Gasteiger partial charge in [-0.3, -0.25) is 9.59 Å². The van der Waals surface area contributed by atoms with E-state index < -0.39 is 6.04 Å². The highest BCUT2D eigenvalue weighted by atomic mass is 35.5. The first-order chi connectivity index (χ1) is 14.9. The summed E-state index contributed by atoms with van der Waals surface area (Å²) in [6.45, 7) is 0.265. The van der Waals surface area contributed by atoms with Gasteiger partial charge in [-0.2, -0.15) is 0 Å². The molecule has 0 radical (unpaired) electrons. The zero-order valence-corrected chi connectivity index (χ0v) is 18.2. The van der Waals surface area contributed by atoms with Crippen molar-refractivity contribution < 1.29 is 9.21 Å². The molecule has 5 rings (SSSR count). The molecule has 1 atom stereocenters. The van der Waals surface area contributed by atoms with Crippen molar-refractivity contribution in [2.24, 2.45) is 0 Å². The summed E-state index contributed by atoms with van der Waals surface area (Å²) in [5.41, 5.74) is 1.99. The second-order valence-electron chi connectivity index (χ2n) is 7.31. The van der Waals surface area contributed by atoms with E-state index in [1.54, 1.807) is 59.5 Å². The third-order valence-electron chi connectivity index (χ3n) is 5.40. The van der Waals surface area contributed by atoms with Gasteiger partial charge in [-0.1, -0.05) is 65.1 Å². The predicted octanol–water partition coefficient (Wildman–Crippen LogP) is 6.50. The molecule has 31 heavy (non-hydrogen) atoms. The molecule has 154 valence electrons. The van der Waals surface area contributed by atoms with Crippen LogP contribution in [-0.4, -0.2) is 10.8 Å². The van der Waals surface area contributed by atoms with Gasteiger partial charge >= 0.3 is 0 Å². The van der Waals surface area contributed by atoms with Crippen molar-refractivity contribution in [2.75, 3.05) is 0 Å². The van der Waals surface area contributed by atoms with Crippen LogP contribution in [0.3, 0.4) is 0 Å². The van der Waals surface area contributed by atoms with E-state index in [2.05, 4.69) is 0 Å². The number of nitrogens with zero attached hydrogens (tertiary/aromatic N) is 1. The number of carbonyl (C=O) groups is 1. The number of hydrogen-bond acceptors (Lipinski definition) is 3. The average Bonchev–Trinajstić information content (AvgIpc) is 3.04. The van der Waals surface area contributed by atoms with E-state index >= 15 is 0 Å². The minimum Gasteiger partial charge on any atom is -0.450 e. The molecule has 4 aromatic rings. The predicted molar refractivity (Wildman–Crippen MR) is 122 cm³/mol. The third-order valence-corrected chi connectivity index (χ3v) is 6.39. The van der Waals surface area contributed by atoms with Gasteiger partial charge in [0.25, 0.3) is 5.91 Å². The van der Waals surface area contributed by atoms with E-state index in [1.165, 1.54) is 0 Å². The normalized spacial score (nSPS) is 15.5. The van der Waals surface area contributed by atoms with Crippen LogP contribution in [0.5, 0.6) is 0 Å². The van der Waals surface area contributed by atoms with Crippen LogP contribution in [0.25, 0.3) is 11.0 Å². The van der Waals surface area contributed by atoms with Crippen LogP contribution in [0.15, 0.2) is 75.9 Å². The molecule has 0 fully saturated rings. The third kappa shape index (κ3) is 3.41. The SMILES string of the molecule is O=C1c2oc3ccccc3c(=O)c2C(c2ccc(Cl)c(Cl)c2)N1Cc1ccc(Cl)cc1. The first-order valence-electron chi connectivity index (χ1n) is 9.50. The van der Waals surface area contributed by atoms with Gasteiger partial charge < -0.3 is 9.32 Å². The molecule has 0 saturated heterocycles. The Morgan fingerprint density at radius 1 is 0.871 bits per heavy atom. The number of fused-ring (bicyclic) bond motifs is 2. The Labute approximate surface area is 192 Å². The first kappa shape index (κ1) is 20.1. The van der Waals surface area contributed by atoms with E-state index in [9.17, 15) is 9.59 Å². The Morgan fingerprint density at radius 3 is 2.35 bits per heavy atom. The number of carbonyl (C=O) groups excluding carboxylic acids is 1. The van der Waals surface area contributed by atoms with E-state index in [4.69, 9.17) is 39.2 Å². The Kier molecular flexibility index (Phi) is 5.01. The molecule has 0 N–H and O–H groups in total. The summed E-state index contributed by atoms with van der Waals surface area (Å²) in [6.07, 6.45) is 0. The molecular formula is C24H14Cl3NO3. The molecule has 4 nitrogen and oxygen atoms in total. The van der Waals surface area contributed by atoms with Crippen molar-refractivity contribution in [2.45, 2.75) is 12.6 Å². The summed E-state index contributed by atoms with van der Waals surface area (Å²) in [4.78, 5) is 28.4. The minimum absolute atomic E-state index is 0.0498. The van der Waals surface area contributed by atoms with Crippen LogP contribution in [0, 0.1) is 0 Å². The fraction of sp³-hybridized carbons (Fsp3) is 0.0833. The summed E-state index contributed by atoms with van der Waals surface area (Å²) in [6, 6.07) is 18.6. The summed E-state index contributed by atoms with van der Waals surface area (Å²) < 4.78 is 5.92. The van der Waals surface area contributed by atoms with E-state index in [1.807, 2.05) is 12.1 Å². The second kappa shape index (κ2) is 7.72. The molecule has 1 aromatic heterocycles. The van der Waals surface area contributed by atoms with Crippen LogP contribution in [0.1, 0.15) is 33.3 Å². The fourth-order valence-corrected chi connectivity index (χ4v) is 4.38. The van der Waals surface area contributed by atoms with Crippen molar-refractivity contribution in [1.29, 1.82) is 0 Å². The average molecular weight is 471 g/mol. The second-order valence-corrected chi connectivity index (χ2v) is 8.56. The van der Waals surface area contributed by atoms with Crippen LogP contribution >= 0.6 is 34.8 Å². The zero-order chi connectivity index (χ0) is 21.7. The molecule has 1 aliphatic heterocycles. The number of benzene rings is 3. The Balaban J connectivity index is 1.72.